The molecule has 0 aliphatic carbocycles. The van der Waals surface area contributed by atoms with Gasteiger partial charge in [0.25, 0.3) is 0 Å². The van der Waals surface area contributed by atoms with Gasteiger partial charge in [-0.3, -0.25) is 4.79 Å². The van der Waals surface area contributed by atoms with Crippen LogP contribution >= 0.6 is 0 Å². The molecule has 0 saturated carbocycles. The Morgan fingerprint density at radius 3 is 2.30 bits per heavy atom. The molecule has 1 N–H and O–H groups in total. The maximum atomic E-state index is 13.1. The van der Waals surface area contributed by atoms with Gasteiger partial charge in [-0.1, -0.05) is 25.1 Å². The van der Waals surface area contributed by atoms with E-state index >= 15 is 0 Å². The molecule has 0 bridgehead atoms. The summed E-state index contributed by atoms with van der Waals surface area (Å²) < 4.78 is 40.0. The van der Waals surface area contributed by atoms with Gasteiger partial charge in [0.1, 0.15) is 5.82 Å². The quantitative estimate of drug-likeness (QED) is 0.747. The molecule has 3 rings (SSSR count). The number of hydrogen-bond donors (Lipinski definition) is 1. The Morgan fingerprint density at radius 2 is 1.73 bits per heavy atom. The highest BCUT2D eigenvalue weighted by atomic mass is 32.2. The zero-order valence-corrected chi connectivity index (χ0v) is 18.5. The first-order valence-corrected chi connectivity index (χ1v) is 11.8. The first-order valence-electron chi connectivity index (χ1n) is 10.4. The second kappa shape index (κ2) is 9.27. The highest BCUT2D eigenvalue weighted by Gasteiger charge is 2.32. The fourth-order valence-corrected chi connectivity index (χ4v) is 5.28. The number of amides is 1. The number of rotatable bonds is 6. The maximum absolute atomic E-state index is 13.1. The lowest BCUT2D eigenvalue weighted by Gasteiger charge is -2.31. The molecule has 1 fully saturated rings. The number of halogens is 1. The largest absolute Gasteiger partial charge is 0.349 e. The SMILES string of the molecule is CC[C@@H](NC(=O)C1CCN(S(=O)(=O)c2ccc(F)cc2)CC1)c1ccc(C)c(C)c1. The van der Waals surface area contributed by atoms with E-state index in [1.165, 1.54) is 27.6 Å². The van der Waals surface area contributed by atoms with Crippen LogP contribution in [0.5, 0.6) is 0 Å². The first kappa shape index (κ1) is 22.4. The second-order valence-corrected chi connectivity index (χ2v) is 9.88. The molecule has 0 spiro atoms. The van der Waals surface area contributed by atoms with Crippen molar-refractivity contribution in [1.29, 1.82) is 0 Å². The molecule has 0 aromatic heterocycles. The number of sulfonamides is 1. The number of carbonyl (C=O) groups excluding carboxylic acids is 1. The van der Waals surface area contributed by atoms with Gasteiger partial charge in [-0.25, -0.2) is 12.8 Å². The summed E-state index contributed by atoms with van der Waals surface area (Å²) in [5.74, 6) is -0.720. The number of carbonyl (C=O) groups is 1. The number of nitrogens with zero attached hydrogens (tertiary/aromatic N) is 1. The predicted molar refractivity (Wildman–Crippen MR) is 115 cm³/mol. The minimum atomic E-state index is -3.67. The summed E-state index contributed by atoms with van der Waals surface area (Å²) in [5, 5.41) is 3.14. The van der Waals surface area contributed by atoms with Gasteiger partial charge in [0.05, 0.1) is 10.9 Å². The Hall–Kier alpha value is -2.25. The molecule has 1 heterocycles. The zero-order chi connectivity index (χ0) is 21.9. The van der Waals surface area contributed by atoms with E-state index in [0.29, 0.717) is 12.8 Å². The Kier molecular flexibility index (Phi) is 6.93. The van der Waals surface area contributed by atoms with Gasteiger partial charge in [-0.15, -0.1) is 0 Å². The van der Waals surface area contributed by atoms with Gasteiger partial charge in [-0.2, -0.15) is 4.31 Å². The van der Waals surface area contributed by atoms with Crippen molar-refractivity contribution in [2.24, 2.45) is 5.92 Å². The third-order valence-electron chi connectivity index (χ3n) is 5.93. The van der Waals surface area contributed by atoms with Crippen LogP contribution in [-0.4, -0.2) is 31.7 Å². The van der Waals surface area contributed by atoms with Crippen LogP contribution in [0.25, 0.3) is 0 Å². The van der Waals surface area contributed by atoms with E-state index < -0.39 is 15.8 Å². The van der Waals surface area contributed by atoms with Crippen LogP contribution in [0.15, 0.2) is 47.4 Å². The van der Waals surface area contributed by atoms with Crippen molar-refractivity contribution in [1.82, 2.24) is 9.62 Å². The topological polar surface area (TPSA) is 66.5 Å². The molecule has 5 nitrogen and oxygen atoms in total. The van der Waals surface area contributed by atoms with Crippen LogP contribution in [0.2, 0.25) is 0 Å². The van der Waals surface area contributed by atoms with E-state index in [9.17, 15) is 17.6 Å². The minimum absolute atomic E-state index is 0.0288. The molecule has 30 heavy (non-hydrogen) atoms. The van der Waals surface area contributed by atoms with Gasteiger partial charge in [-0.05, 0) is 74.1 Å². The smallest absolute Gasteiger partial charge is 0.243 e. The number of benzene rings is 2. The van der Waals surface area contributed by atoms with Crippen molar-refractivity contribution < 1.29 is 17.6 Å². The Bertz CT molecular complexity index is 998. The fourth-order valence-electron chi connectivity index (χ4n) is 3.81. The van der Waals surface area contributed by atoms with E-state index in [0.717, 1.165) is 24.1 Å². The van der Waals surface area contributed by atoms with E-state index in [-0.39, 0.29) is 35.9 Å². The Balaban J connectivity index is 1.61. The summed E-state index contributed by atoms with van der Waals surface area (Å²) in [6, 6.07) is 11.0. The van der Waals surface area contributed by atoms with Crippen LogP contribution in [-0.2, 0) is 14.8 Å². The Labute approximate surface area is 178 Å². The molecular weight excluding hydrogens is 403 g/mol. The predicted octanol–water partition coefficient (Wildman–Crippen LogP) is 4.11. The molecule has 2 aromatic rings. The lowest BCUT2D eigenvalue weighted by molar-refractivity contribution is -0.126. The third kappa shape index (κ3) is 4.90. The van der Waals surface area contributed by atoms with Gasteiger partial charge < -0.3 is 5.32 Å². The highest BCUT2D eigenvalue weighted by Crippen LogP contribution is 2.26. The summed E-state index contributed by atoms with van der Waals surface area (Å²) in [7, 11) is -3.67. The van der Waals surface area contributed by atoms with Crippen molar-refractivity contribution >= 4 is 15.9 Å². The summed E-state index contributed by atoms with van der Waals surface area (Å²) >= 11 is 0. The molecule has 1 amide bonds. The van der Waals surface area contributed by atoms with Crippen LogP contribution in [0.3, 0.4) is 0 Å². The van der Waals surface area contributed by atoms with Gasteiger partial charge >= 0.3 is 0 Å². The minimum Gasteiger partial charge on any atom is -0.349 e. The lowest BCUT2D eigenvalue weighted by Crippen LogP contribution is -2.43. The maximum Gasteiger partial charge on any atom is 0.243 e. The van der Waals surface area contributed by atoms with E-state index in [2.05, 4.69) is 37.4 Å². The first-order chi connectivity index (χ1) is 14.2. The van der Waals surface area contributed by atoms with E-state index in [4.69, 9.17) is 0 Å². The number of hydrogen-bond acceptors (Lipinski definition) is 3. The molecule has 2 aromatic carbocycles. The molecule has 0 radical (unpaired) electrons. The fraction of sp³-hybridized carbons (Fsp3) is 0.435. The highest BCUT2D eigenvalue weighted by molar-refractivity contribution is 7.89. The van der Waals surface area contributed by atoms with E-state index in [1.54, 1.807) is 0 Å². The normalized spacial score (nSPS) is 16.9. The molecule has 7 heteroatoms. The van der Waals surface area contributed by atoms with Crippen molar-refractivity contribution in [3.8, 4) is 0 Å². The summed E-state index contributed by atoms with van der Waals surface area (Å²) in [4.78, 5) is 12.9. The molecule has 162 valence electrons. The second-order valence-electron chi connectivity index (χ2n) is 7.95. The molecule has 1 atom stereocenters. The van der Waals surface area contributed by atoms with Crippen molar-refractivity contribution in [2.45, 2.75) is 51.0 Å². The number of aryl methyl sites for hydroxylation is 2. The van der Waals surface area contributed by atoms with Crippen LogP contribution in [0.1, 0.15) is 48.9 Å². The lowest BCUT2D eigenvalue weighted by atomic mass is 9.95. The molecule has 1 aliphatic heterocycles. The average molecular weight is 433 g/mol. The van der Waals surface area contributed by atoms with Crippen molar-refractivity contribution in [2.75, 3.05) is 13.1 Å². The molecule has 0 unspecified atom stereocenters. The Morgan fingerprint density at radius 1 is 1.10 bits per heavy atom. The molecule has 1 saturated heterocycles. The summed E-state index contributed by atoms with van der Waals surface area (Å²) in [5.41, 5.74) is 3.50. The van der Waals surface area contributed by atoms with Gasteiger partial charge in [0, 0.05) is 19.0 Å². The van der Waals surface area contributed by atoms with Crippen molar-refractivity contribution in [3.63, 3.8) is 0 Å². The zero-order valence-electron chi connectivity index (χ0n) is 17.7. The monoisotopic (exact) mass is 432 g/mol. The van der Waals surface area contributed by atoms with Gasteiger partial charge in [0.2, 0.25) is 15.9 Å². The molecule has 1 aliphatic rings. The molecular formula is C23H29FN2O3S. The van der Waals surface area contributed by atoms with Crippen LogP contribution < -0.4 is 5.32 Å². The number of piperidine rings is 1. The number of nitrogens with one attached hydrogen (secondary N) is 1. The summed E-state index contributed by atoms with van der Waals surface area (Å²) in [6.45, 7) is 6.71. The summed E-state index contributed by atoms with van der Waals surface area (Å²) in [6.07, 6.45) is 1.72. The van der Waals surface area contributed by atoms with E-state index in [1.807, 2.05) is 6.92 Å². The standard InChI is InChI=1S/C23H29FN2O3S/c1-4-22(19-6-5-16(2)17(3)15-19)25-23(27)18-11-13-26(14-12-18)30(28,29)21-9-7-20(24)8-10-21/h5-10,15,18,22H,4,11-14H2,1-3H3,(H,25,27)/t22-/m1/s1. The third-order valence-corrected chi connectivity index (χ3v) is 7.85. The van der Waals surface area contributed by atoms with Crippen LogP contribution in [0, 0.1) is 25.6 Å². The van der Waals surface area contributed by atoms with Gasteiger partial charge in [0.15, 0.2) is 0 Å². The van der Waals surface area contributed by atoms with Crippen LogP contribution in [0.4, 0.5) is 4.39 Å². The average Bonchev–Trinajstić information content (AvgIpc) is 2.74. The van der Waals surface area contributed by atoms with Crippen molar-refractivity contribution in [3.05, 3.63) is 65.0 Å².